The van der Waals surface area contributed by atoms with Crippen LogP contribution in [0, 0.1) is 0 Å². The third-order valence-electron chi connectivity index (χ3n) is 3.71. The zero-order valence-corrected chi connectivity index (χ0v) is 10.7. The topological polar surface area (TPSA) is 0 Å². The first-order chi connectivity index (χ1) is 8.65. The van der Waals surface area contributed by atoms with Gasteiger partial charge in [0.25, 0.3) is 5.92 Å². The summed E-state index contributed by atoms with van der Waals surface area (Å²) in [6, 6.07) is 3.42. The van der Waals surface area contributed by atoms with Gasteiger partial charge in [-0.1, -0.05) is 19.9 Å². The Hall–Kier alpha value is -1.13. The Morgan fingerprint density at radius 2 is 1.84 bits per heavy atom. The SMILES string of the molecule is CCC(C)c1cc(C2CC2(F)F)cc(C(F)(F)F)c1. The highest BCUT2D eigenvalue weighted by Crippen LogP contribution is 2.56. The molecular weight excluding hydrogens is 263 g/mol. The summed E-state index contributed by atoms with van der Waals surface area (Å²) in [7, 11) is 0. The molecule has 1 aromatic carbocycles. The fraction of sp³-hybridized carbons (Fsp3) is 0.571. The third-order valence-corrected chi connectivity index (χ3v) is 3.71. The number of hydrogen-bond donors (Lipinski definition) is 0. The smallest absolute Gasteiger partial charge is 0.206 e. The maximum absolute atomic E-state index is 13.0. The molecule has 1 fully saturated rings. The van der Waals surface area contributed by atoms with Crippen molar-refractivity contribution in [3.05, 3.63) is 34.9 Å². The number of alkyl halides is 5. The molecule has 0 N–H and O–H groups in total. The summed E-state index contributed by atoms with van der Waals surface area (Å²) in [5, 5.41) is 0. The van der Waals surface area contributed by atoms with Crippen LogP contribution in [0.2, 0.25) is 0 Å². The van der Waals surface area contributed by atoms with Gasteiger partial charge in [-0.05, 0) is 35.6 Å². The van der Waals surface area contributed by atoms with Gasteiger partial charge < -0.3 is 0 Å². The van der Waals surface area contributed by atoms with E-state index in [1.165, 1.54) is 6.07 Å². The van der Waals surface area contributed by atoms with Crippen LogP contribution in [-0.2, 0) is 6.18 Å². The number of hydrogen-bond acceptors (Lipinski definition) is 0. The first kappa shape index (κ1) is 14.3. The fourth-order valence-corrected chi connectivity index (χ4v) is 2.14. The summed E-state index contributed by atoms with van der Waals surface area (Å²) >= 11 is 0. The summed E-state index contributed by atoms with van der Waals surface area (Å²) < 4.78 is 64.5. The number of rotatable bonds is 3. The molecule has 2 unspecified atom stereocenters. The van der Waals surface area contributed by atoms with Crippen LogP contribution in [0.1, 0.15) is 55.2 Å². The molecule has 19 heavy (non-hydrogen) atoms. The monoisotopic (exact) mass is 278 g/mol. The first-order valence-electron chi connectivity index (χ1n) is 6.25. The van der Waals surface area contributed by atoms with Crippen molar-refractivity contribution in [3.8, 4) is 0 Å². The average Bonchev–Trinajstić information content (AvgIpc) is 2.96. The molecule has 1 aliphatic rings. The fourth-order valence-electron chi connectivity index (χ4n) is 2.14. The van der Waals surface area contributed by atoms with E-state index in [1.807, 2.05) is 6.92 Å². The molecule has 1 saturated carbocycles. The van der Waals surface area contributed by atoms with Crippen LogP contribution in [0.4, 0.5) is 22.0 Å². The van der Waals surface area contributed by atoms with Crippen molar-refractivity contribution in [1.29, 1.82) is 0 Å². The molecule has 0 spiro atoms. The maximum atomic E-state index is 13.0. The largest absolute Gasteiger partial charge is 0.416 e. The maximum Gasteiger partial charge on any atom is 0.416 e. The van der Waals surface area contributed by atoms with Crippen molar-refractivity contribution in [2.75, 3.05) is 0 Å². The highest BCUT2D eigenvalue weighted by atomic mass is 19.4. The van der Waals surface area contributed by atoms with Gasteiger partial charge in [-0.2, -0.15) is 13.2 Å². The molecule has 0 nitrogen and oxygen atoms in total. The quantitative estimate of drug-likeness (QED) is 0.654. The lowest BCUT2D eigenvalue weighted by atomic mass is 9.93. The van der Waals surface area contributed by atoms with Gasteiger partial charge in [-0.3, -0.25) is 0 Å². The van der Waals surface area contributed by atoms with E-state index >= 15 is 0 Å². The Morgan fingerprint density at radius 1 is 1.26 bits per heavy atom. The molecule has 2 atom stereocenters. The molecule has 0 aromatic heterocycles. The van der Waals surface area contributed by atoms with E-state index in [9.17, 15) is 22.0 Å². The van der Waals surface area contributed by atoms with Gasteiger partial charge in [0.15, 0.2) is 0 Å². The van der Waals surface area contributed by atoms with Crippen LogP contribution in [0.25, 0.3) is 0 Å². The minimum absolute atomic E-state index is 0.0755. The predicted molar refractivity (Wildman–Crippen MR) is 62.5 cm³/mol. The van der Waals surface area contributed by atoms with Crippen LogP contribution < -0.4 is 0 Å². The predicted octanol–water partition coefficient (Wildman–Crippen LogP) is 5.34. The van der Waals surface area contributed by atoms with Crippen molar-refractivity contribution < 1.29 is 22.0 Å². The summed E-state index contributed by atoms with van der Waals surface area (Å²) in [5.74, 6) is -3.98. The Kier molecular flexibility index (Phi) is 3.35. The zero-order valence-electron chi connectivity index (χ0n) is 10.7. The molecule has 0 heterocycles. The van der Waals surface area contributed by atoms with Gasteiger partial charge in [0.05, 0.1) is 11.5 Å². The highest BCUT2D eigenvalue weighted by molar-refractivity contribution is 5.39. The molecule has 0 amide bonds. The second-order valence-electron chi connectivity index (χ2n) is 5.21. The van der Waals surface area contributed by atoms with Crippen LogP contribution >= 0.6 is 0 Å². The standard InChI is InChI=1S/C14H15F5/c1-3-8(2)9-4-10(12-7-13(12,15)16)6-11(5-9)14(17,18)19/h4-6,8,12H,3,7H2,1-2H3. The molecule has 2 rings (SSSR count). The minimum Gasteiger partial charge on any atom is -0.206 e. The molecule has 0 bridgehead atoms. The minimum atomic E-state index is -4.50. The van der Waals surface area contributed by atoms with E-state index in [0.717, 1.165) is 12.1 Å². The van der Waals surface area contributed by atoms with Gasteiger partial charge in [-0.25, -0.2) is 8.78 Å². The van der Waals surface area contributed by atoms with E-state index in [2.05, 4.69) is 0 Å². The third kappa shape index (κ3) is 2.90. The summed E-state index contributed by atoms with van der Waals surface area (Å²) in [6.07, 6.45) is -4.18. The molecule has 0 radical (unpaired) electrons. The molecule has 1 aliphatic carbocycles. The van der Waals surface area contributed by atoms with Gasteiger partial charge in [0, 0.05) is 6.42 Å². The highest BCUT2D eigenvalue weighted by Gasteiger charge is 2.57. The number of halogens is 5. The first-order valence-corrected chi connectivity index (χ1v) is 6.25. The lowest BCUT2D eigenvalue weighted by molar-refractivity contribution is -0.137. The Balaban J connectivity index is 2.44. The van der Waals surface area contributed by atoms with Crippen molar-refractivity contribution in [2.45, 2.75) is 50.6 Å². The van der Waals surface area contributed by atoms with Crippen molar-refractivity contribution in [2.24, 2.45) is 0 Å². The van der Waals surface area contributed by atoms with Crippen molar-refractivity contribution >= 4 is 0 Å². The van der Waals surface area contributed by atoms with Crippen molar-refractivity contribution in [1.82, 2.24) is 0 Å². The van der Waals surface area contributed by atoms with Crippen LogP contribution in [0.3, 0.4) is 0 Å². The lowest BCUT2D eigenvalue weighted by Gasteiger charge is -2.15. The normalized spacial score (nSPS) is 23.2. The van der Waals surface area contributed by atoms with Crippen molar-refractivity contribution in [3.63, 3.8) is 0 Å². The molecule has 106 valence electrons. The Bertz CT molecular complexity index is 475. The molecular formula is C14H15F5. The second-order valence-corrected chi connectivity index (χ2v) is 5.21. The zero-order chi connectivity index (χ0) is 14.4. The summed E-state index contributed by atoms with van der Waals surface area (Å²) in [5.41, 5.74) is -0.242. The summed E-state index contributed by atoms with van der Waals surface area (Å²) in [6.45, 7) is 3.65. The van der Waals surface area contributed by atoms with Gasteiger partial charge in [-0.15, -0.1) is 0 Å². The van der Waals surface area contributed by atoms with E-state index < -0.39 is 23.6 Å². The van der Waals surface area contributed by atoms with Gasteiger partial charge in [0.1, 0.15) is 0 Å². The Labute approximate surface area is 108 Å². The average molecular weight is 278 g/mol. The van der Waals surface area contributed by atoms with Crippen LogP contribution in [-0.4, -0.2) is 5.92 Å². The van der Waals surface area contributed by atoms with Gasteiger partial charge >= 0.3 is 6.18 Å². The van der Waals surface area contributed by atoms with Crippen LogP contribution in [0.15, 0.2) is 18.2 Å². The molecule has 1 aromatic rings. The van der Waals surface area contributed by atoms with E-state index in [4.69, 9.17) is 0 Å². The number of benzene rings is 1. The van der Waals surface area contributed by atoms with Crippen LogP contribution in [0.5, 0.6) is 0 Å². The molecule has 0 saturated heterocycles. The lowest BCUT2D eigenvalue weighted by Crippen LogP contribution is -2.08. The molecule has 5 heteroatoms. The van der Waals surface area contributed by atoms with E-state index in [-0.39, 0.29) is 17.9 Å². The molecule has 0 aliphatic heterocycles. The van der Waals surface area contributed by atoms with Gasteiger partial charge in [0.2, 0.25) is 0 Å². The van der Waals surface area contributed by atoms with E-state index in [0.29, 0.717) is 12.0 Å². The van der Waals surface area contributed by atoms with E-state index in [1.54, 1.807) is 6.92 Å². The second kappa shape index (κ2) is 4.46. The summed E-state index contributed by atoms with van der Waals surface area (Å²) in [4.78, 5) is 0. The Morgan fingerprint density at radius 3 is 2.26 bits per heavy atom.